The molecule has 1 aliphatic carbocycles. The van der Waals surface area contributed by atoms with Crippen LogP contribution in [0.5, 0.6) is 11.5 Å². The molecular weight excluding hydrogens is 648 g/mol. The third-order valence-corrected chi connectivity index (χ3v) is 9.26. The number of hydrogen-bond acceptors (Lipinski definition) is 8. The fourth-order valence-corrected chi connectivity index (χ4v) is 6.24. The second-order valence-electron chi connectivity index (χ2n) is 13.0. The number of hydrogen-bond donors (Lipinski definition) is 3. The molecule has 0 bridgehead atoms. The minimum absolute atomic E-state index is 0.00559. The maximum absolute atomic E-state index is 15.0. The minimum Gasteiger partial charge on any atom is -0.489 e. The van der Waals surface area contributed by atoms with Crippen LogP contribution in [0, 0.1) is 5.82 Å². The topological polar surface area (TPSA) is 134 Å². The first kappa shape index (κ1) is 32.7. The quantitative estimate of drug-likeness (QED) is 0.233. The number of likely N-dealkylation sites (tertiary alicyclic amines) is 1. The molecule has 2 aliphatic heterocycles. The van der Waals surface area contributed by atoms with Gasteiger partial charge in [0.15, 0.2) is 0 Å². The number of benzene rings is 2. The number of carbonyl (C=O) groups is 2. The van der Waals surface area contributed by atoms with Gasteiger partial charge in [-0.05, 0) is 74.7 Å². The standard InChI is InChI=1S/C35H32F4N4O6/c1-33(32(46)43-12-10-23(44)16-43)18-48-30-25(33)15-27(42-29(30)19-4-6-22(36)7-5-19)34(47,35(37,38)39)17-41-31(45)21-13-20-3-2-11-40-28(20)26(14-21)49-24-8-9-24/h2-7,11,13-15,23-24,44,47H,8-10,12,16-18H2,1H3,(H,41,45)/t23-,33-,34-/m0/s1. The zero-order chi connectivity index (χ0) is 34.7. The van der Waals surface area contributed by atoms with Crippen molar-refractivity contribution in [3.63, 3.8) is 0 Å². The molecule has 2 amide bonds. The minimum atomic E-state index is -5.37. The number of aliphatic hydroxyl groups is 2. The van der Waals surface area contributed by atoms with E-state index in [1.807, 2.05) is 0 Å². The van der Waals surface area contributed by atoms with E-state index in [1.165, 1.54) is 36.1 Å². The van der Waals surface area contributed by atoms with Gasteiger partial charge in [-0.1, -0.05) is 6.07 Å². The number of aliphatic hydroxyl groups excluding tert-OH is 1. The number of aromatic nitrogens is 2. The van der Waals surface area contributed by atoms with Gasteiger partial charge in [0.25, 0.3) is 5.91 Å². The van der Waals surface area contributed by atoms with Crippen molar-refractivity contribution in [2.45, 2.75) is 55.6 Å². The first-order chi connectivity index (χ1) is 23.3. The SMILES string of the molecule is C[C@]1(C(=O)N2CC[C@H](O)C2)COc2c1cc([C@@](O)(CNC(=O)c1cc(OC3CC3)c3ncccc3c1)C(F)(F)F)nc2-c1ccc(F)cc1. The monoisotopic (exact) mass is 680 g/mol. The third kappa shape index (κ3) is 5.92. The Balaban J connectivity index is 1.28. The van der Waals surface area contributed by atoms with E-state index >= 15 is 0 Å². The lowest BCUT2D eigenvalue weighted by Gasteiger charge is -2.32. The average Bonchev–Trinajstić information content (AvgIpc) is 3.69. The number of rotatable bonds is 8. The molecule has 3 aliphatic rings. The van der Waals surface area contributed by atoms with E-state index in [2.05, 4.69) is 15.3 Å². The fraction of sp³-hybridized carbons (Fsp3) is 0.371. The molecule has 10 nitrogen and oxygen atoms in total. The van der Waals surface area contributed by atoms with E-state index in [0.29, 0.717) is 23.1 Å². The van der Waals surface area contributed by atoms with Crippen LogP contribution in [-0.2, 0) is 15.8 Å². The van der Waals surface area contributed by atoms with Gasteiger partial charge in [-0.15, -0.1) is 0 Å². The molecule has 7 rings (SSSR count). The summed E-state index contributed by atoms with van der Waals surface area (Å²) in [6, 6.07) is 12.0. The lowest BCUT2D eigenvalue weighted by atomic mass is 9.81. The molecule has 49 heavy (non-hydrogen) atoms. The summed E-state index contributed by atoms with van der Waals surface area (Å²) in [5, 5.41) is 24.3. The second kappa shape index (κ2) is 11.9. The molecule has 4 heterocycles. The highest BCUT2D eigenvalue weighted by atomic mass is 19.4. The van der Waals surface area contributed by atoms with E-state index in [9.17, 15) is 37.4 Å². The van der Waals surface area contributed by atoms with Gasteiger partial charge in [0.05, 0.1) is 24.4 Å². The highest BCUT2D eigenvalue weighted by Crippen LogP contribution is 2.48. The van der Waals surface area contributed by atoms with Crippen LogP contribution in [0.2, 0.25) is 0 Å². The summed E-state index contributed by atoms with van der Waals surface area (Å²) in [6.07, 6.45) is -2.60. The highest BCUT2D eigenvalue weighted by molar-refractivity contribution is 6.00. The Morgan fingerprint density at radius 2 is 1.88 bits per heavy atom. The summed E-state index contributed by atoms with van der Waals surface area (Å²) in [5.74, 6) is -1.67. The van der Waals surface area contributed by atoms with Crippen molar-refractivity contribution >= 4 is 22.7 Å². The van der Waals surface area contributed by atoms with Crippen molar-refractivity contribution in [2.24, 2.45) is 0 Å². The lowest BCUT2D eigenvalue weighted by Crippen LogP contribution is -2.52. The van der Waals surface area contributed by atoms with Crippen LogP contribution >= 0.6 is 0 Å². The van der Waals surface area contributed by atoms with Gasteiger partial charge in [0.1, 0.15) is 40.5 Å². The van der Waals surface area contributed by atoms with Crippen LogP contribution in [0.3, 0.4) is 0 Å². The number of fused-ring (bicyclic) bond motifs is 2. The predicted octanol–water partition coefficient (Wildman–Crippen LogP) is 4.40. The van der Waals surface area contributed by atoms with Crippen molar-refractivity contribution in [1.82, 2.24) is 20.2 Å². The molecule has 3 N–H and O–H groups in total. The molecule has 4 aromatic rings. The summed E-state index contributed by atoms with van der Waals surface area (Å²) in [6.45, 7) is 0.205. The van der Waals surface area contributed by atoms with Crippen LogP contribution in [0.4, 0.5) is 17.6 Å². The zero-order valence-corrected chi connectivity index (χ0v) is 26.3. The third-order valence-electron chi connectivity index (χ3n) is 9.26. The number of halogens is 4. The highest BCUT2D eigenvalue weighted by Gasteiger charge is 2.58. The van der Waals surface area contributed by atoms with Crippen LogP contribution < -0.4 is 14.8 Å². The fourth-order valence-electron chi connectivity index (χ4n) is 6.24. The number of nitrogens with zero attached hydrogens (tertiary/aromatic N) is 3. The van der Waals surface area contributed by atoms with Crippen molar-refractivity contribution in [1.29, 1.82) is 0 Å². The van der Waals surface area contributed by atoms with Crippen LogP contribution in [0.15, 0.2) is 60.8 Å². The van der Waals surface area contributed by atoms with E-state index in [1.54, 1.807) is 18.3 Å². The van der Waals surface area contributed by atoms with Crippen molar-refractivity contribution in [3.8, 4) is 22.8 Å². The molecule has 2 aromatic carbocycles. The Morgan fingerprint density at radius 3 is 2.55 bits per heavy atom. The Morgan fingerprint density at radius 1 is 1.12 bits per heavy atom. The van der Waals surface area contributed by atoms with Crippen LogP contribution in [0.1, 0.15) is 47.8 Å². The van der Waals surface area contributed by atoms with Gasteiger partial charge in [0.2, 0.25) is 11.5 Å². The van der Waals surface area contributed by atoms with E-state index in [-0.39, 0.29) is 53.9 Å². The van der Waals surface area contributed by atoms with Crippen LogP contribution in [0.25, 0.3) is 22.2 Å². The maximum atomic E-state index is 15.0. The predicted molar refractivity (Wildman–Crippen MR) is 167 cm³/mol. The molecule has 2 aromatic heterocycles. The smallest absolute Gasteiger partial charge is 0.424 e. The molecule has 14 heteroatoms. The Bertz CT molecular complexity index is 1950. The van der Waals surface area contributed by atoms with Crippen LogP contribution in [-0.4, -0.2) is 81.5 Å². The second-order valence-corrected chi connectivity index (χ2v) is 13.0. The van der Waals surface area contributed by atoms with E-state index < -0.39 is 53.2 Å². The largest absolute Gasteiger partial charge is 0.489 e. The Kier molecular flexibility index (Phi) is 7.98. The van der Waals surface area contributed by atoms with Gasteiger partial charge in [-0.2, -0.15) is 13.2 Å². The van der Waals surface area contributed by atoms with Crippen molar-refractivity contribution in [3.05, 3.63) is 83.4 Å². The molecule has 0 spiro atoms. The number of amides is 2. The number of β-amino-alcohol motifs (C(OH)–C–C–N with tert-alkyl or cyclic N) is 1. The van der Waals surface area contributed by atoms with Gasteiger partial charge in [-0.3, -0.25) is 14.6 Å². The normalized spacial score (nSPS) is 21.6. The number of carbonyl (C=O) groups excluding carboxylic acids is 2. The number of ether oxygens (including phenoxy) is 2. The number of pyridine rings is 2. The van der Waals surface area contributed by atoms with E-state index in [4.69, 9.17) is 9.47 Å². The van der Waals surface area contributed by atoms with Gasteiger partial charge in [-0.25, -0.2) is 9.37 Å². The summed E-state index contributed by atoms with van der Waals surface area (Å²) < 4.78 is 70.7. The first-order valence-corrected chi connectivity index (χ1v) is 15.8. The Hall–Kier alpha value is -4.82. The molecule has 2 fully saturated rings. The Labute approximate surface area is 277 Å². The average molecular weight is 681 g/mol. The summed E-state index contributed by atoms with van der Waals surface area (Å²) in [5.41, 5.74) is -5.61. The summed E-state index contributed by atoms with van der Waals surface area (Å²) in [4.78, 5) is 37.1. The molecule has 3 atom stereocenters. The molecule has 0 unspecified atom stereocenters. The summed E-state index contributed by atoms with van der Waals surface area (Å²) >= 11 is 0. The van der Waals surface area contributed by atoms with Crippen molar-refractivity contribution < 1.29 is 46.8 Å². The van der Waals surface area contributed by atoms with Gasteiger partial charge >= 0.3 is 6.18 Å². The number of nitrogens with one attached hydrogen (secondary N) is 1. The molecule has 0 radical (unpaired) electrons. The van der Waals surface area contributed by atoms with E-state index in [0.717, 1.165) is 31.0 Å². The molecule has 256 valence electrons. The van der Waals surface area contributed by atoms with Crippen molar-refractivity contribution in [2.75, 3.05) is 26.2 Å². The zero-order valence-electron chi connectivity index (χ0n) is 26.3. The van der Waals surface area contributed by atoms with Gasteiger partial charge < -0.3 is 29.9 Å². The summed E-state index contributed by atoms with van der Waals surface area (Å²) in [7, 11) is 0. The molecule has 1 saturated heterocycles. The maximum Gasteiger partial charge on any atom is 0.424 e. The molecular formula is C35H32F4N4O6. The molecule has 1 saturated carbocycles. The van der Waals surface area contributed by atoms with Gasteiger partial charge in [0, 0.05) is 41.4 Å². The number of alkyl halides is 3. The lowest BCUT2D eigenvalue weighted by molar-refractivity contribution is -0.265. The first-order valence-electron chi connectivity index (χ1n) is 15.8.